The second-order valence-corrected chi connectivity index (χ2v) is 3.99. The highest BCUT2D eigenvalue weighted by molar-refractivity contribution is 5.15. The van der Waals surface area contributed by atoms with Crippen LogP contribution in [0.25, 0.3) is 0 Å². The molecule has 1 rings (SSSR count). The van der Waals surface area contributed by atoms with E-state index in [-0.39, 0.29) is 11.2 Å². The van der Waals surface area contributed by atoms with E-state index in [1.807, 2.05) is 0 Å². The molecule has 0 radical (unpaired) electrons. The largest absolute Gasteiger partial charge is 0.261 e. The Morgan fingerprint density at radius 2 is 2.15 bits per heavy atom. The summed E-state index contributed by atoms with van der Waals surface area (Å²) < 4.78 is 12.9. The number of hydrogen-bond donors (Lipinski definition) is 0. The molecule has 1 aromatic heterocycles. The summed E-state index contributed by atoms with van der Waals surface area (Å²) in [5, 5.41) is 0. The molecule has 0 N–H and O–H groups in total. The SMILES string of the molecule is CCCC(C)(C)c1cc(F)ccn1. The number of nitrogens with zero attached hydrogens (tertiary/aromatic N) is 1. The third kappa shape index (κ3) is 2.51. The fourth-order valence-electron chi connectivity index (χ4n) is 1.53. The Bertz CT molecular complexity index is 281. The molecule has 0 amide bonds. The van der Waals surface area contributed by atoms with Crippen LogP contribution in [-0.2, 0) is 5.41 Å². The van der Waals surface area contributed by atoms with E-state index in [4.69, 9.17) is 0 Å². The molecule has 0 saturated heterocycles. The Labute approximate surface area is 79.0 Å². The zero-order chi connectivity index (χ0) is 9.90. The Morgan fingerprint density at radius 1 is 1.46 bits per heavy atom. The molecule has 1 aromatic rings. The smallest absolute Gasteiger partial charge is 0.126 e. The lowest BCUT2D eigenvalue weighted by molar-refractivity contribution is 0.455. The summed E-state index contributed by atoms with van der Waals surface area (Å²) in [5.74, 6) is -0.200. The van der Waals surface area contributed by atoms with Gasteiger partial charge in [-0.25, -0.2) is 4.39 Å². The van der Waals surface area contributed by atoms with Crippen molar-refractivity contribution in [3.05, 3.63) is 29.8 Å². The van der Waals surface area contributed by atoms with Crippen LogP contribution >= 0.6 is 0 Å². The van der Waals surface area contributed by atoms with Crippen molar-refractivity contribution < 1.29 is 4.39 Å². The lowest BCUT2D eigenvalue weighted by Gasteiger charge is -2.23. The highest BCUT2D eigenvalue weighted by atomic mass is 19.1. The van der Waals surface area contributed by atoms with E-state index in [0.717, 1.165) is 18.5 Å². The highest BCUT2D eigenvalue weighted by Gasteiger charge is 2.20. The number of pyridine rings is 1. The number of aromatic nitrogens is 1. The molecule has 0 aromatic carbocycles. The molecule has 0 bridgehead atoms. The molecular formula is C11H16FN. The second kappa shape index (κ2) is 3.86. The molecule has 0 aliphatic carbocycles. The summed E-state index contributed by atoms with van der Waals surface area (Å²) in [7, 11) is 0. The van der Waals surface area contributed by atoms with Gasteiger partial charge in [-0.3, -0.25) is 4.98 Å². The van der Waals surface area contributed by atoms with Crippen molar-refractivity contribution in [1.29, 1.82) is 0 Å². The highest BCUT2D eigenvalue weighted by Crippen LogP contribution is 2.26. The third-order valence-corrected chi connectivity index (χ3v) is 2.29. The first kappa shape index (κ1) is 10.2. The van der Waals surface area contributed by atoms with Gasteiger partial charge in [0.2, 0.25) is 0 Å². The molecule has 0 saturated carbocycles. The van der Waals surface area contributed by atoms with Crippen molar-refractivity contribution in [2.45, 2.75) is 39.0 Å². The van der Waals surface area contributed by atoms with Crippen LogP contribution in [0.1, 0.15) is 39.3 Å². The maximum absolute atomic E-state index is 12.9. The van der Waals surface area contributed by atoms with Gasteiger partial charge in [-0.05, 0) is 18.6 Å². The first-order chi connectivity index (χ1) is 6.06. The maximum Gasteiger partial charge on any atom is 0.126 e. The topological polar surface area (TPSA) is 12.9 Å². The van der Waals surface area contributed by atoms with Gasteiger partial charge in [0.05, 0.1) is 0 Å². The van der Waals surface area contributed by atoms with Crippen molar-refractivity contribution in [2.75, 3.05) is 0 Å². The molecule has 72 valence electrons. The van der Waals surface area contributed by atoms with E-state index in [9.17, 15) is 4.39 Å². The number of hydrogen-bond acceptors (Lipinski definition) is 1. The second-order valence-electron chi connectivity index (χ2n) is 3.99. The molecule has 13 heavy (non-hydrogen) atoms. The number of halogens is 1. The number of rotatable bonds is 3. The maximum atomic E-state index is 12.9. The van der Waals surface area contributed by atoms with Crippen LogP contribution in [0, 0.1) is 5.82 Å². The van der Waals surface area contributed by atoms with Gasteiger partial charge in [-0.2, -0.15) is 0 Å². The van der Waals surface area contributed by atoms with Gasteiger partial charge in [-0.15, -0.1) is 0 Å². The van der Waals surface area contributed by atoms with E-state index >= 15 is 0 Å². The van der Waals surface area contributed by atoms with Gasteiger partial charge >= 0.3 is 0 Å². The minimum atomic E-state index is -0.200. The molecule has 0 aliphatic rings. The molecule has 1 nitrogen and oxygen atoms in total. The molecule has 0 fully saturated rings. The minimum Gasteiger partial charge on any atom is -0.261 e. The van der Waals surface area contributed by atoms with Crippen LogP contribution in [-0.4, -0.2) is 4.98 Å². The van der Waals surface area contributed by atoms with Crippen LogP contribution in [0.3, 0.4) is 0 Å². The Balaban J connectivity index is 2.93. The van der Waals surface area contributed by atoms with Crippen molar-refractivity contribution in [1.82, 2.24) is 4.98 Å². The molecule has 0 aliphatic heterocycles. The van der Waals surface area contributed by atoms with Gasteiger partial charge in [0.25, 0.3) is 0 Å². The summed E-state index contributed by atoms with van der Waals surface area (Å²) in [6.07, 6.45) is 3.65. The predicted molar refractivity (Wildman–Crippen MR) is 52.1 cm³/mol. The van der Waals surface area contributed by atoms with Crippen molar-refractivity contribution in [3.8, 4) is 0 Å². The molecule has 0 unspecified atom stereocenters. The first-order valence-corrected chi connectivity index (χ1v) is 4.68. The quantitative estimate of drug-likeness (QED) is 0.697. The normalized spacial score (nSPS) is 11.7. The summed E-state index contributed by atoms with van der Waals surface area (Å²) in [6.45, 7) is 6.32. The molecule has 1 heterocycles. The summed E-state index contributed by atoms with van der Waals surface area (Å²) in [6, 6.07) is 2.90. The molecule has 0 atom stereocenters. The average molecular weight is 181 g/mol. The molecular weight excluding hydrogens is 165 g/mol. The van der Waals surface area contributed by atoms with Gasteiger partial charge < -0.3 is 0 Å². The standard InChI is InChI=1S/C11H16FN/c1-4-6-11(2,3)10-8-9(12)5-7-13-10/h5,7-8H,4,6H2,1-3H3. The fraction of sp³-hybridized carbons (Fsp3) is 0.545. The molecule has 2 heteroatoms. The average Bonchev–Trinajstić information content (AvgIpc) is 2.04. The zero-order valence-corrected chi connectivity index (χ0v) is 8.47. The van der Waals surface area contributed by atoms with Gasteiger partial charge in [0.15, 0.2) is 0 Å². The fourth-order valence-corrected chi connectivity index (χ4v) is 1.53. The first-order valence-electron chi connectivity index (χ1n) is 4.68. The third-order valence-electron chi connectivity index (χ3n) is 2.29. The lowest BCUT2D eigenvalue weighted by Crippen LogP contribution is -2.18. The minimum absolute atomic E-state index is 0.0170. The summed E-state index contributed by atoms with van der Waals surface area (Å²) in [5.41, 5.74) is 0.825. The summed E-state index contributed by atoms with van der Waals surface area (Å²) in [4.78, 5) is 4.19. The Hall–Kier alpha value is -0.920. The van der Waals surface area contributed by atoms with Crippen LogP contribution in [0.4, 0.5) is 4.39 Å². The van der Waals surface area contributed by atoms with Gasteiger partial charge in [-0.1, -0.05) is 27.2 Å². The zero-order valence-electron chi connectivity index (χ0n) is 8.47. The van der Waals surface area contributed by atoms with Crippen LogP contribution in [0.15, 0.2) is 18.3 Å². The van der Waals surface area contributed by atoms with Gasteiger partial charge in [0, 0.05) is 17.3 Å². The lowest BCUT2D eigenvalue weighted by atomic mass is 9.84. The van der Waals surface area contributed by atoms with E-state index in [1.54, 1.807) is 0 Å². The van der Waals surface area contributed by atoms with Crippen LogP contribution in [0.2, 0.25) is 0 Å². The van der Waals surface area contributed by atoms with Gasteiger partial charge in [0.1, 0.15) is 5.82 Å². The Morgan fingerprint density at radius 3 is 2.69 bits per heavy atom. The van der Waals surface area contributed by atoms with Crippen LogP contribution < -0.4 is 0 Å². The molecule has 0 spiro atoms. The van der Waals surface area contributed by atoms with Crippen molar-refractivity contribution >= 4 is 0 Å². The van der Waals surface area contributed by atoms with E-state index < -0.39 is 0 Å². The summed E-state index contributed by atoms with van der Waals surface area (Å²) >= 11 is 0. The van der Waals surface area contributed by atoms with E-state index in [0.29, 0.717) is 0 Å². The Kier molecular flexibility index (Phi) is 3.02. The van der Waals surface area contributed by atoms with E-state index in [1.165, 1.54) is 18.3 Å². The van der Waals surface area contributed by atoms with E-state index in [2.05, 4.69) is 25.8 Å². The van der Waals surface area contributed by atoms with Crippen molar-refractivity contribution in [3.63, 3.8) is 0 Å². The van der Waals surface area contributed by atoms with Crippen LogP contribution in [0.5, 0.6) is 0 Å². The monoisotopic (exact) mass is 181 g/mol. The predicted octanol–water partition coefficient (Wildman–Crippen LogP) is 3.30. The van der Waals surface area contributed by atoms with Crippen molar-refractivity contribution in [2.24, 2.45) is 0 Å².